The largest absolute Gasteiger partial charge is 0.478 e. The number of nitrogens with two attached hydrogens (primary N) is 1. The number of carboxylic acid groups (broad SMARTS) is 1. The van der Waals surface area contributed by atoms with Crippen LogP contribution in [0.3, 0.4) is 0 Å². The molecule has 0 saturated carbocycles. The highest BCUT2D eigenvalue weighted by atomic mass is 35.5. The highest BCUT2D eigenvalue weighted by Crippen LogP contribution is 2.29. The van der Waals surface area contributed by atoms with Crippen molar-refractivity contribution in [2.24, 2.45) is 10.8 Å². The summed E-state index contributed by atoms with van der Waals surface area (Å²) in [5, 5.41) is 11.8. The van der Waals surface area contributed by atoms with Crippen molar-refractivity contribution < 1.29 is 14.7 Å². The number of aryl methyl sites for hydroxylation is 1. The van der Waals surface area contributed by atoms with Crippen LogP contribution in [0.5, 0.6) is 0 Å². The molecular weight excluding hydrogens is 356 g/mol. The molecule has 26 heavy (non-hydrogen) atoms. The van der Waals surface area contributed by atoms with Gasteiger partial charge in [-0.15, -0.1) is 0 Å². The van der Waals surface area contributed by atoms with Gasteiger partial charge >= 0.3 is 5.97 Å². The standard InChI is InChI=1S/C18H17ClN4O3/c1-11-7-12(5-6-16(24)25)8-15(19)17(11)23-18(26)13-3-2-4-14(9-13)21-10-22-20/h2-10H,20H2,1H3,(H,21,22)(H,23,26)(H,24,25)/b6-5+. The lowest BCUT2D eigenvalue weighted by atomic mass is 10.1. The number of amides is 1. The molecule has 1 amide bonds. The van der Waals surface area contributed by atoms with Crippen molar-refractivity contribution in [2.75, 3.05) is 5.32 Å². The summed E-state index contributed by atoms with van der Waals surface area (Å²) in [6, 6.07) is 10.00. The van der Waals surface area contributed by atoms with Crippen molar-refractivity contribution in [3.8, 4) is 0 Å². The molecule has 0 fully saturated rings. The van der Waals surface area contributed by atoms with Crippen LogP contribution in [-0.2, 0) is 4.79 Å². The Balaban J connectivity index is 2.24. The van der Waals surface area contributed by atoms with Gasteiger partial charge in [0.2, 0.25) is 0 Å². The van der Waals surface area contributed by atoms with Crippen LogP contribution in [0.4, 0.5) is 11.4 Å². The number of hydrogen-bond donors (Lipinski definition) is 4. The number of aliphatic carboxylic acids is 1. The predicted octanol–water partition coefficient (Wildman–Crippen LogP) is 3.12. The van der Waals surface area contributed by atoms with E-state index in [1.54, 1.807) is 43.3 Å². The van der Waals surface area contributed by atoms with Crippen LogP contribution in [0.25, 0.3) is 6.08 Å². The minimum atomic E-state index is -1.05. The van der Waals surface area contributed by atoms with E-state index in [1.165, 1.54) is 12.4 Å². The number of benzene rings is 2. The fourth-order valence-electron chi connectivity index (χ4n) is 2.22. The predicted molar refractivity (Wildman–Crippen MR) is 103 cm³/mol. The summed E-state index contributed by atoms with van der Waals surface area (Å²) in [7, 11) is 0. The fraction of sp³-hybridized carbons (Fsp3) is 0.0556. The van der Waals surface area contributed by atoms with E-state index in [0.717, 1.165) is 6.08 Å². The number of hydrazine groups is 1. The van der Waals surface area contributed by atoms with Crippen LogP contribution in [0, 0.1) is 6.92 Å². The van der Waals surface area contributed by atoms with E-state index in [9.17, 15) is 9.59 Å². The molecule has 0 saturated heterocycles. The SMILES string of the molecule is Cc1cc(/C=C/C(=O)O)cc(Cl)c1NC(=O)c1cccc(N=CNN)c1. The first kappa shape index (κ1) is 19.2. The van der Waals surface area contributed by atoms with Crippen LogP contribution in [-0.4, -0.2) is 23.3 Å². The number of hydrogen-bond acceptors (Lipinski definition) is 4. The molecule has 0 radical (unpaired) electrons. The third-order valence-electron chi connectivity index (χ3n) is 3.36. The molecule has 0 unspecified atom stereocenters. The molecule has 2 aromatic carbocycles. The van der Waals surface area contributed by atoms with Gasteiger partial charge in [0.15, 0.2) is 0 Å². The molecule has 0 bridgehead atoms. The number of carbonyl (C=O) groups excluding carboxylic acids is 1. The Morgan fingerprint density at radius 3 is 2.69 bits per heavy atom. The molecule has 0 aromatic heterocycles. The zero-order valence-electron chi connectivity index (χ0n) is 13.9. The van der Waals surface area contributed by atoms with Gasteiger partial charge in [-0.3, -0.25) is 4.79 Å². The average molecular weight is 373 g/mol. The van der Waals surface area contributed by atoms with E-state index in [2.05, 4.69) is 15.7 Å². The molecule has 134 valence electrons. The summed E-state index contributed by atoms with van der Waals surface area (Å²) >= 11 is 6.24. The van der Waals surface area contributed by atoms with Gasteiger partial charge in [-0.2, -0.15) is 0 Å². The van der Waals surface area contributed by atoms with E-state index in [-0.39, 0.29) is 5.91 Å². The second kappa shape index (κ2) is 8.80. The molecule has 0 atom stereocenters. The number of carbonyl (C=O) groups is 2. The molecular formula is C18H17ClN4O3. The summed E-state index contributed by atoms with van der Waals surface area (Å²) in [5.74, 6) is 3.73. The topological polar surface area (TPSA) is 117 Å². The second-order valence-corrected chi connectivity index (χ2v) is 5.70. The van der Waals surface area contributed by atoms with Gasteiger partial charge < -0.3 is 15.8 Å². The Hall–Kier alpha value is -3.16. The first-order valence-corrected chi connectivity index (χ1v) is 7.89. The quantitative estimate of drug-likeness (QED) is 0.204. The minimum absolute atomic E-state index is 0.310. The summed E-state index contributed by atoms with van der Waals surface area (Å²) in [5.41, 5.74) is 5.05. The monoisotopic (exact) mass is 372 g/mol. The Labute approximate surface area is 155 Å². The molecule has 7 nitrogen and oxygen atoms in total. The van der Waals surface area contributed by atoms with Crippen LogP contribution >= 0.6 is 11.6 Å². The van der Waals surface area contributed by atoms with Crippen LogP contribution in [0.15, 0.2) is 47.5 Å². The van der Waals surface area contributed by atoms with Crippen molar-refractivity contribution in [1.29, 1.82) is 0 Å². The smallest absolute Gasteiger partial charge is 0.328 e. The van der Waals surface area contributed by atoms with E-state index >= 15 is 0 Å². The third kappa shape index (κ3) is 5.17. The highest BCUT2D eigenvalue weighted by molar-refractivity contribution is 6.34. The number of aliphatic imine (C=N–C) groups is 1. The van der Waals surface area contributed by atoms with Gasteiger partial charge in [0, 0.05) is 11.6 Å². The van der Waals surface area contributed by atoms with Crippen molar-refractivity contribution >= 4 is 47.3 Å². The minimum Gasteiger partial charge on any atom is -0.478 e. The molecule has 0 aliphatic rings. The zero-order chi connectivity index (χ0) is 19.1. The number of anilines is 1. The maximum absolute atomic E-state index is 12.5. The number of nitrogens with zero attached hydrogens (tertiary/aromatic N) is 1. The average Bonchev–Trinajstić information content (AvgIpc) is 2.61. The molecule has 2 aromatic rings. The summed E-state index contributed by atoms with van der Waals surface area (Å²) < 4.78 is 0. The van der Waals surface area contributed by atoms with Crippen LogP contribution in [0.1, 0.15) is 21.5 Å². The Kier molecular flexibility index (Phi) is 6.48. The van der Waals surface area contributed by atoms with Crippen molar-refractivity contribution in [1.82, 2.24) is 5.43 Å². The van der Waals surface area contributed by atoms with Gasteiger partial charge in [0.1, 0.15) is 6.34 Å². The first-order valence-electron chi connectivity index (χ1n) is 7.52. The van der Waals surface area contributed by atoms with Crippen molar-refractivity contribution in [3.05, 3.63) is 64.2 Å². The molecule has 5 N–H and O–H groups in total. The van der Waals surface area contributed by atoms with Gasteiger partial charge in [-0.05, 0) is 54.5 Å². The van der Waals surface area contributed by atoms with Gasteiger partial charge in [0.25, 0.3) is 5.91 Å². The van der Waals surface area contributed by atoms with Crippen molar-refractivity contribution in [2.45, 2.75) is 6.92 Å². The Morgan fingerprint density at radius 2 is 2.04 bits per heavy atom. The highest BCUT2D eigenvalue weighted by Gasteiger charge is 2.12. The number of nitrogens with one attached hydrogen (secondary N) is 2. The zero-order valence-corrected chi connectivity index (χ0v) is 14.6. The molecule has 0 spiro atoms. The van der Waals surface area contributed by atoms with Crippen LogP contribution in [0.2, 0.25) is 5.02 Å². The lowest BCUT2D eigenvalue weighted by molar-refractivity contribution is -0.131. The van der Waals surface area contributed by atoms with E-state index in [4.69, 9.17) is 22.6 Å². The number of rotatable bonds is 6. The maximum atomic E-state index is 12.5. The first-order chi connectivity index (χ1) is 12.4. The van der Waals surface area contributed by atoms with Gasteiger partial charge in [-0.25, -0.2) is 15.6 Å². The van der Waals surface area contributed by atoms with Crippen molar-refractivity contribution in [3.63, 3.8) is 0 Å². The molecule has 0 aliphatic heterocycles. The fourth-order valence-corrected chi connectivity index (χ4v) is 2.54. The van der Waals surface area contributed by atoms with Gasteiger partial charge in [-0.1, -0.05) is 17.7 Å². The second-order valence-electron chi connectivity index (χ2n) is 5.30. The van der Waals surface area contributed by atoms with Crippen LogP contribution < -0.4 is 16.6 Å². The normalized spacial score (nSPS) is 11.0. The molecule has 8 heteroatoms. The summed E-state index contributed by atoms with van der Waals surface area (Å²) in [4.78, 5) is 27.1. The van der Waals surface area contributed by atoms with Gasteiger partial charge in [0.05, 0.1) is 16.4 Å². The molecule has 0 aliphatic carbocycles. The number of halogens is 1. The van der Waals surface area contributed by atoms with E-state index in [1.807, 2.05) is 0 Å². The molecule has 0 heterocycles. The lowest BCUT2D eigenvalue weighted by Gasteiger charge is -2.12. The van der Waals surface area contributed by atoms with E-state index in [0.29, 0.717) is 33.1 Å². The number of carboxylic acids is 1. The summed E-state index contributed by atoms with van der Waals surface area (Å²) in [6.45, 7) is 1.77. The Bertz CT molecular complexity index is 871. The molecule has 2 rings (SSSR count). The lowest BCUT2D eigenvalue weighted by Crippen LogP contribution is -2.18. The Morgan fingerprint density at radius 1 is 1.27 bits per heavy atom. The summed E-state index contributed by atoms with van der Waals surface area (Å²) in [6.07, 6.45) is 3.76. The maximum Gasteiger partial charge on any atom is 0.328 e. The van der Waals surface area contributed by atoms with E-state index < -0.39 is 5.97 Å². The third-order valence-corrected chi connectivity index (χ3v) is 3.66.